The molecule has 0 aliphatic carbocycles. The second-order valence-electron chi connectivity index (χ2n) is 3.57. The van der Waals surface area contributed by atoms with Crippen LogP contribution < -0.4 is 4.74 Å². The molecule has 2 heterocycles. The lowest BCUT2D eigenvalue weighted by Crippen LogP contribution is -2.08. The third kappa shape index (κ3) is 1.95. The Kier molecular flexibility index (Phi) is 2.95. The topological polar surface area (TPSA) is 65.7 Å². The molecule has 0 fully saturated rings. The van der Waals surface area contributed by atoms with Gasteiger partial charge in [0.25, 0.3) is 0 Å². The smallest absolute Gasteiger partial charge is 0.248 e. The Morgan fingerprint density at radius 2 is 2.06 bits per heavy atom. The average Bonchev–Trinajstić information content (AvgIpc) is 2.60. The number of thioether (sulfide) groups is 1. The van der Waals surface area contributed by atoms with Crippen molar-refractivity contribution in [2.24, 2.45) is 7.05 Å². The van der Waals surface area contributed by atoms with Crippen LogP contribution in [0.15, 0.2) is 5.16 Å². The van der Waals surface area contributed by atoms with Crippen LogP contribution in [0, 0.1) is 0 Å². The first-order chi connectivity index (χ1) is 7.61. The fourth-order valence-electron chi connectivity index (χ4n) is 1.27. The summed E-state index contributed by atoms with van der Waals surface area (Å²) in [6.07, 6.45) is 1.97. The Labute approximate surface area is 97.4 Å². The van der Waals surface area contributed by atoms with Crippen LogP contribution in [0.5, 0.6) is 5.88 Å². The van der Waals surface area contributed by atoms with E-state index in [9.17, 15) is 0 Å². The summed E-state index contributed by atoms with van der Waals surface area (Å²) in [6.45, 7) is 3.89. The molecule has 0 saturated heterocycles. The minimum atomic E-state index is 0.0508. The van der Waals surface area contributed by atoms with Crippen molar-refractivity contribution in [3.63, 3.8) is 0 Å². The van der Waals surface area contributed by atoms with Crippen molar-refractivity contribution in [2.75, 3.05) is 6.26 Å². The number of aryl methyl sites for hydroxylation is 1. The molecule has 0 amide bonds. The van der Waals surface area contributed by atoms with Crippen LogP contribution in [0.4, 0.5) is 0 Å². The molecule has 2 rings (SSSR count). The number of ether oxygens (including phenoxy) is 1. The molecule has 86 valence electrons. The maximum Gasteiger partial charge on any atom is 0.248 e. The Balaban J connectivity index is 2.60. The highest BCUT2D eigenvalue weighted by Gasteiger charge is 2.14. The molecule has 0 radical (unpaired) electrons. The molecule has 16 heavy (non-hydrogen) atoms. The second kappa shape index (κ2) is 4.25. The molecule has 6 nitrogen and oxygen atoms in total. The highest BCUT2D eigenvalue weighted by atomic mass is 32.2. The summed E-state index contributed by atoms with van der Waals surface area (Å²) in [5.74, 6) is 0.498. The monoisotopic (exact) mass is 239 g/mol. The van der Waals surface area contributed by atoms with Crippen molar-refractivity contribution in [2.45, 2.75) is 25.1 Å². The quantitative estimate of drug-likeness (QED) is 0.593. The average molecular weight is 239 g/mol. The predicted octanol–water partition coefficient (Wildman–Crippen LogP) is 1.27. The Morgan fingerprint density at radius 3 is 2.69 bits per heavy atom. The molecule has 7 heteroatoms. The summed E-state index contributed by atoms with van der Waals surface area (Å²) in [6, 6.07) is 0. The van der Waals surface area contributed by atoms with Crippen LogP contribution in [0.2, 0.25) is 0 Å². The SMILES string of the molecule is CSc1nc(OC(C)C)c2nnn(C)c2n1. The van der Waals surface area contributed by atoms with Gasteiger partial charge in [0.1, 0.15) is 0 Å². The number of hydrogen-bond acceptors (Lipinski definition) is 6. The maximum absolute atomic E-state index is 5.60. The first kappa shape index (κ1) is 11.1. The highest BCUT2D eigenvalue weighted by molar-refractivity contribution is 7.98. The Bertz CT molecular complexity index is 510. The summed E-state index contributed by atoms with van der Waals surface area (Å²) >= 11 is 1.47. The summed E-state index contributed by atoms with van der Waals surface area (Å²) in [7, 11) is 1.80. The maximum atomic E-state index is 5.60. The number of hydrogen-bond donors (Lipinski definition) is 0. The minimum Gasteiger partial charge on any atom is -0.473 e. The Morgan fingerprint density at radius 1 is 1.31 bits per heavy atom. The van der Waals surface area contributed by atoms with Crippen LogP contribution >= 0.6 is 11.8 Å². The van der Waals surface area contributed by atoms with Gasteiger partial charge in [-0.15, -0.1) is 5.10 Å². The van der Waals surface area contributed by atoms with Gasteiger partial charge in [0.05, 0.1) is 6.10 Å². The molecule has 0 atom stereocenters. The molecular formula is C9H13N5OS. The first-order valence-corrected chi connectivity index (χ1v) is 6.12. The van der Waals surface area contributed by atoms with E-state index >= 15 is 0 Å². The number of rotatable bonds is 3. The van der Waals surface area contributed by atoms with Crippen molar-refractivity contribution in [3.8, 4) is 5.88 Å². The number of fused-ring (bicyclic) bond motifs is 1. The van der Waals surface area contributed by atoms with Gasteiger partial charge < -0.3 is 4.74 Å². The second-order valence-corrected chi connectivity index (χ2v) is 4.34. The largest absolute Gasteiger partial charge is 0.473 e. The van der Waals surface area contributed by atoms with Crippen LogP contribution in [0.25, 0.3) is 11.2 Å². The molecule has 0 bridgehead atoms. The molecule has 0 saturated carbocycles. The standard InChI is InChI=1S/C9H13N5OS/c1-5(2)15-8-6-7(14(3)13-12-6)10-9(11-8)16-4/h5H,1-4H3. The number of aromatic nitrogens is 5. The van der Waals surface area contributed by atoms with Gasteiger partial charge >= 0.3 is 0 Å². The lowest BCUT2D eigenvalue weighted by atomic mass is 10.4. The van der Waals surface area contributed by atoms with Gasteiger partial charge in [-0.25, -0.2) is 9.67 Å². The van der Waals surface area contributed by atoms with E-state index in [0.29, 0.717) is 22.2 Å². The van der Waals surface area contributed by atoms with Gasteiger partial charge in [-0.2, -0.15) is 4.98 Å². The van der Waals surface area contributed by atoms with Gasteiger partial charge in [-0.3, -0.25) is 0 Å². The van der Waals surface area contributed by atoms with Crippen LogP contribution in [-0.4, -0.2) is 37.3 Å². The van der Waals surface area contributed by atoms with E-state index in [0.717, 1.165) is 0 Å². The number of nitrogens with zero attached hydrogens (tertiary/aromatic N) is 5. The van der Waals surface area contributed by atoms with Gasteiger partial charge in [-0.05, 0) is 20.1 Å². The molecule has 0 spiro atoms. The summed E-state index contributed by atoms with van der Waals surface area (Å²) < 4.78 is 7.22. The molecule has 2 aromatic heterocycles. The molecule has 0 unspecified atom stereocenters. The van der Waals surface area contributed by atoms with E-state index in [1.807, 2.05) is 20.1 Å². The first-order valence-electron chi connectivity index (χ1n) is 4.90. The third-order valence-electron chi connectivity index (χ3n) is 1.93. The molecular weight excluding hydrogens is 226 g/mol. The van der Waals surface area contributed by atoms with E-state index < -0.39 is 0 Å². The van der Waals surface area contributed by atoms with E-state index in [4.69, 9.17) is 4.74 Å². The fourth-order valence-corrected chi connectivity index (χ4v) is 1.62. The molecule has 0 N–H and O–H groups in total. The third-order valence-corrected chi connectivity index (χ3v) is 2.48. The van der Waals surface area contributed by atoms with Crippen molar-refractivity contribution >= 4 is 22.9 Å². The zero-order chi connectivity index (χ0) is 11.7. The zero-order valence-electron chi connectivity index (χ0n) is 9.63. The lowest BCUT2D eigenvalue weighted by Gasteiger charge is -2.09. The van der Waals surface area contributed by atoms with E-state index in [2.05, 4.69) is 20.3 Å². The lowest BCUT2D eigenvalue weighted by molar-refractivity contribution is 0.233. The fraction of sp³-hybridized carbons (Fsp3) is 0.556. The molecule has 0 aliphatic rings. The molecule has 0 aromatic carbocycles. The highest BCUT2D eigenvalue weighted by Crippen LogP contribution is 2.23. The van der Waals surface area contributed by atoms with Crippen LogP contribution in [0.1, 0.15) is 13.8 Å². The van der Waals surface area contributed by atoms with Crippen molar-refractivity contribution < 1.29 is 4.74 Å². The van der Waals surface area contributed by atoms with E-state index in [-0.39, 0.29) is 6.10 Å². The van der Waals surface area contributed by atoms with Gasteiger partial charge in [0, 0.05) is 7.05 Å². The normalized spacial score (nSPS) is 11.3. The summed E-state index contributed by atoms with van der Waals surface area (Å²) in [5, 5.41) is 8.58. The summed E-state index contributed by atoms with van der Waals surface area (Å²) in [5.41, 5.74) is 1.30. The zero-order valence-corrected chi connectivity index (χ0v) is 10.4. The minimum absolute atomic E-state index is 0.0508. The van der Waals surface area contributed by atoms with Crippen LogP contribution in [0.3, 0.4) is 0 Å². The van der Waals surface area contributed by atoms with Crippen molar-refractivity contribution in [1.29, 1.82) is 0 Å². The van der Waals surface area contributed by atoms with Gasteiger partial charge in [-0.1, -0.05) is 17.0 Å². The van der Waals surface area contributed by atoms with Crippen molar-refractivity contribution in [1.82, 2.24) is 25.0 Å². The van der Waals surface area contributed by atoms with Crippen LogP contribution in [-0.2, 0) is 7.05 Å². The van der Waals surface area contributed by atoms with E-state index in [1.165, 1.54) is 11.8 Å². The van der Waals surface area contributed by atoms with Gasteiger partial charge in [0.15, 0.2) is 16.3 Å². The van der Waals surface area contributed by atoms with Gasteiger partial charge in [0.2, 0.25) is 5.88 Å². The summed E-state index contributed by atoms with van der Waals surface area (Å²) in [4.78, 5) is 8.62. The molecule has 0 aliphatic heterocycles. The Hall–Kier alpha value is -1.37. The van der Waals surface area contributed by atoms with Crippen molar-refractivity contribution in [3.05, 3.63) is 0 Å². The predicted molar refractivity (Wildman–Crippen MR) is 61.6 cm³/mol. The van der Waals surface area contributed by atoms with E-state index in [1.54, 1.807) is 11.7 Å². The molecule has 2 aromatic rings.